The molecule has 0 saturated carbocycles. The molecule has 11 heteroatoms. The summed E-state index contributed by atoms with van der Waals surface area (Å²) in [6.45, 7) is 3.37. The first-order valence-corrected chi connectivity index (χ1v) is 18.1. The second-order valence-corrected chi connectivity index (χ2v) is 14.4. The summed E-state index contributed by atoms with van der Waals surface area (Å²) in [6.07, 6.45) is 2.75. The number of aromatic nitrogens is 2. The van der Waals surface area contributed by atoms with Crippen molar-refractivity contribution in [1.29, 1.82) is 0 Å². The van der Waals surface area contributed by atoms with Crippen LogP contribution in [0.1, 0.15) is 48.2 Å². The van der Waals surface area contributed by atoms with Crippen molar-refractivity contribution in [2.24, 2.45) is 5.41 Å². The Balaban J connectivity index is 1.08. The molecule has 9 nitrogen and oxygen atoms in total. The molecule has 1 unspecified atom stereocenters. The number of nitrogens with zero attached hydrogens (tertiary/aromatic N) is 4. The Hall–Kier alpha value is -5.00. The minimum Gasteiger partial charge on any atom is -0.493 e. The number of likely N-dealkylation sites (tertiary alicyclic amines) is 2. The normalized spacial score (nSPS) is 18.8. The van der Waals surface area contributed by atoms with Crippen molar-refractivity contribution in [3.8, 4) is 17.2 Å². The summed E-state index contributed by atoms with van der Waals surface area (Å²) >= 11 is 0. The maximum absolute atomic E-state index is 14.5. The Morgan fingerprint density at radius 2 is 1.38 bits per heavy atom. The highest BCUT2D eigenvalue weighted by Crippen LogP contribution is 2.43. The van der Waals surface area contributed by atoms with E-state index in [9.17, 15) is 18.7 Å². The molecule has 2 fully saturated rings. The van der Waals surface area contributed by atoms with Crippen molar-refractivity contribution in [2.75, 3.05) is 47.5 Å². The van der Waals surface area contributed by atoms with E-state index in [1.165, 1.54) is 24.3 Å². The van der Waals surface area contributed by atoms with Crippen LogP contribution in [0.5, 0.6) is 17.2 Å². The summed E-state index contributed by atoms with van der Waals surface area (Å²) in [7, 11) is 4.70. The molecule has 7 rings (SSSR count). The van der Waals surface area contributed by atoms with Crippen LogP contribution in [-0.4, -0.2) is 77.9 Å². The van der Waals surface area contributed by atoms with E-state index in [1.807, 2.05) is 41.3 Å². The van der Waals surface area contributed by atoms with Crippen molar-refractivity contribution in [3.63, 3.8) is 0 Å². The van der Waals surface area contributed by atoms with Crippen LogP contribution in [0.25, 0.3) is 11.0 Å². The average Bonchev–Trinajstić information content (AvgIpc) is 3.70. The number of para-hydroxylation sites is 2. The molecule has 4 aromatic carbocycles. The minimum atomic E-state index is -1.15. The van der Waals surface area contributed by atoms with Crippen LogP contribution in [0, 0.1) is 17.0 Å². The molecule has 1 N–H and O–H groups in total. The largest absolute Gasteiger partial charge is 0.493 e. The molecular formula is C42H46F2N4O5. The Morgan fingerprint density at radius 3 is 2.00 bits per heavy atom. The van der Waals surface area contributed by atoms with Gasteiger partial charge in [0, 0.05) is 32.7 Å². The minimum absolute atomic E-state index is 0.0681. The van der Waals surface area contributed by atoms with Crippen molar-refractivity contribution in [1.82, 2.24) is 19.4 Å². The second-order valence-electron chi connectivity index (χ2n) is 14.4. The summed E-state index contributed by atoms with van der Waals surface area (Å²) in [6, 6.07) is 24.4. The molecule has 0 spiro atoms. The van der Waals surface area contributed by atoms with Gasteiger partial charge in [-0.05, 0) is 104 Å². The number of imidazole rings is 1. The third kappa shape index (κ3) is 7.45. The highest BCUT2D eigenvalue weighted by molar-refractivity contribution is 5.85. The summed E-state index contributed by atoms with van der Waals surface area (Å²) < 4.78 is 46.2. The van der Waals surface area contributed by atoms with Crippen LogP contribution in [0.3, 0.4) is 0 Å². The lowest BCUT2D eigenvalue weighted by molar-refractivity contribution is -0.137. The van der Waals surface area contributed by atoms with Crippen molar-refractivity contribution in [2.45, 2.75) is 50.8 Å². The van der Waals surface area contributed by atoms with Crippen LogP contribution >= 0.6 is 0 Å². The molecule has 53 heavy (non-hydrogen) atoms. The Bertz CT molecular complexity index is 2040. The maximum Gasteiger partial charge on any atom is 0.229 e. The van der Waals surface area contributed by atoms with Crippen LogP contribution in [0.15, 0.2) is 84.9 Å². The molecule has 2 aliphatic heterocycles. The lowest BCUT2D eigenvalue weighted by atomic mass is 9.76. The van der Waals surface area contributed by atoms with E-state index < -0.39 is 11.0 Å². The number of piperidine rings is 1. The number of hydrogen-bond donors (Lipinski definition) is 1. The summed E-state index contributed by atoms with van der Waals surface area (Å²) in [4.78, 5) is 23.6. The molecular weight excluding hydrogens is 678 g/mol. The fraction of sp³-hybridized carbons (Fsp3) is 0.381. The lowest BCUT2D eigenvalue weighted by Crippen LogP contribution is -2.46. The number of ether oxygens (including phenoxy) is 3. The van der Waals surface area contributed by atoms with Gasteiger partial charge in [0.25, 0.3) is 0 Å². The van der Waals surface area contributed by atoms with E-state index in [-0.39, 0.29) is 17.5 Å². The number of methoxy groups -OCH3 is 3. The quantitative estimate of drug-likeness (QED) is 0.144. The van der Waals surface area contributed by atoms with Gasteiger partial charge in [-0.15, -0.1) is 0 Å². The third-order valence-corrected chi connectivity index (χ3v) is 11.1. The highest BCUT2D eigenvalue weighted by Gasteiger charge is 2.47. The molecule has 0 aliphatic carbocycles. The standard InChI is InChI=1S/C42H46F2N4O5/c1-51-36-24-31(25-37(52-2)38(36)53-3)27-47-23-17-41(40(47)49,26-29-8-12-32(43)13-9-29)16-20-46-21-18-42(50,19-22-46)39-45-34-6-4-5-7-35(34)48(39)28-30-10-14-33(44)15-11-30/h4-15,24-25,50H,16-23,26-28H2,1-3H3. The van der Waals surface area contributed by atoms with E-state index in [1.54, 1.807) is 45.6 Å². The molecule has 2 saturated heterocycles. The topological polar surface area (TPSA) is 89.3 Å². The number of benzene rings is 4. The molecule has 2 aliphatic rings. The van der Waals surface area contributed by atoms with Gasteiger partial charge in [-0.25, -0.2) is 13.8 Å². The molecule has 278 valence electrons. The molecule has 3 heterocycles. The predicted octanol–water partition coefficient (Wildman–Crippen LogP) is 6.72. The van der Waals surface area contributed by atoms with Gasteiger partial charge in [-0.1, -0.05) is 36.4 Å². The first-order chi connectivity index (χ1) is 25.6. The number of carbonyl (C=O) groups is 1. The van der Waals surface area contributed by atoms with Crippen molar-refractivity contribution < 1.29 is 32.9 Å². The van der Waals surface area contributed by atoms with Crippen molar-refractivity contribution >= 4 is 16.9 Å². The zero-order chi connectivity index (χ0) is 37.2. The molecule has 0 radical (unpaired) electrons. The fourth-order valence-corrected chi connectivity index (χ4v) is 8.07. The van der Waals surface area contributed by atoms with Crippen LogP contribution in [0.2, 0.25) is 0 Å². The number of halogens is 2. The Kier molecular flexibility index (Phi) is 10.4. The number of rotatable bonds is 13. The highest BCUT2D eigenvalue weighted by atomic mass is 19.1. The molecule has 5 aromatic rings. The van der Waals surface area contributed by atoms with Gasteiger partial charge < -0.3 is 33.7 Å². The SMILES string of the molecule is COc1cc(CN2CCC(CCN3CCC(O)(c4nc5ccccc5n4Cc4ccc(F)cc4)CC3)(Cc3ccc(F)cc3)C2=O)cc(OC)c1OC. The molecule has 1 atom stereocenters. The predicted molar refractivity (Wildman–Crippen MR) is 198 cm³/mol. The van der Waals surface area contributed by atoms with Gasteiger partial charge in [0.2, 0.25) is 11.7 Å². The van der Waals surface area contributed by atoms with Gasteiger partial charge >= 0.3 is 0 Å². The van der Waals surface area contributed by atoms with E-state index >= 15 is 0 Å². The maximum atomic E-state index is 14.5. The summed E-state index contributed by atoms with van der Waals surface area (Å²) in [5.41, 5.74) is 2.61. The monoisotopic (exact) mass is 724 g/mol. The van der Waals surface area contributed by atoms with Crippen LogP contribution < -0.4 is 14.2 Å². The van der Waals surface area contributed by atoms with Crippen molar-refractivity contribution in [3.05, 3.63) is 119 Å². The number of hydrogen-bond acceptors (Lipinski definition) is 7. The van der Waals surface area contributed by atoms with Gasteiger partial charge in [0.05, 0.1) is 37.8 Å². The number of amides is 1. The van der Waals surface area contributed by atoms with E-state index in [4.69, 9.17) is 19.2 Å². The fourth-order valence-electron chi connectivity index (χ4n) is 8.07. The smallest absolute Gasteiger partial charge is 0.229 e. The Labute approximate surface area is 308 Å². The second kappa shape index (κ2) is 15.2. The van der Waals surface area contributed by atoms with Gasteiger partial charge in [0.15, 0.2) is 11.5 Å². The molecule has 1 aromatic heterocycles. The number of aliphatic hydroxyl groups is 1. The number of carbonyl (C=O) groups excluding carboxylic acids is 1. The third-order valence-electron chi connectivity index (χ3n) is 11.1. The van der Waals surface area contributed by atoms with E-state index in [0.29, 0.717) is 94.4 Å². The first-order valence-electron chi connectivity index (χ1n) is 18.1. The van der Waals surface area contributed by atoms with Gasteiger partial charge in [-0.3, -0.25) is 4.79 Å². The summed E-state index contributed by atoms with van der Waals surface area (Å²) in [5.74, 6) is 1.64. The summed E-state index contributed by atoms with van der Waals surface area (Å²) in [5, 5.41) is 12.1. The van der Waals surface area contributed by atoms with Crippen LogP contribution in [-0.2, 0) is 29.9 Å². The zero-order valence-electron chi connectivity index (χ0n) is 30.5. The Morgan fingerprint density at radius 1 is 0.755 bits per heavy atom. The van der Waals surface area contributed by atoms with E-state index in [2.05, 4.69) is 9.47 Å². The zero-order valence-corrected chi connectivity index (χ0v) is 30.5. The number of fused-ring (bicyclic) bond motifs is 1. The lowest BCUT2D eigenvalue weighted by Gasteiger charge is -2.39. The van der Waals surface area contributed by atoms with Gasteiger partial charge in [0.1, 0.15) is 23.1 Å². The van der Waals surface area contributed by atoms with E-state index in [0.717, 1.165) is 27.7 Å². The molecule has 1 amide bonds. The molecule has 0 bridgehead atoms. The van der Waals surface area contributed by atoms with Crippen LogP contribution in [0.4, 0.5) is 8.78 Å². The average molecular weight is 725 g/mol. The van der Waals surface area contributed by atoms with Gasteiger partial charge in [-0.2, -0.15) is 0 Å². The first kappa shape index (κ1) is 36.4.